The predicted molar refractivity (Wildman–Crippen MR) is 93.4 cm³/mol. The molecule has 2 heterocycles. The number of hydrogen-bond acceptors (Lipinski definition) is 5. The highest BCUT2D eigenvalue weighted by Gasteiger charge is 2.30. The molecule has 3 aromatic rings. The molecule has 4 N–H and O–H groups in total. The average molecular weight is 338 g/mol. The Morgan fingerprint density at radius 1 is 1.00 bits per heavy atom. The van der Waals surface area contributed by atoms with E-state index in [1.54, 1.807) is 6.07 Å². The number of carbonyl (C=O) groups excluding carboxylic acids is 1. The summed E-state index contributed by atoms with van der Waals surface area (Å²) in [6.45, 7) is 0. The van der Waals surface area contributed by atoms with E-state index in [1.807, 2.05) is 35.7 Å². The molecule has 6 heteroatoms. The van der Waals surface area contributed by atoms with E-state index < -0.39 is 6.17 Å². The first kappa shape index (κ1) is 14.6. The van der Waals surface area contributed by atoms with Gasteiger partial charge in [-0.2, -0.15) is 0 Å². The number of aromatic hydroxyl groups is 2. The van der Waals surface area contributed by atoms with E-state index in [9.17, 15) is 15.0 Å². The van der Waals surface area contributed by atoms with Crippen molar-refractivity contribution in [2.75, 3.05) is 5.32 Å². The van der Waals surface area contributed by atoms with Gasteiger partial charge in [-0.05, 0) is 17.7 Å². The largest absolute Gasteiger partial charge is 0.508 e. The van der Waals surface area contributed by atoms with Gasteiger partial charge in [-0.25, -0.2) is 0 Å². The maximum Gasteiger partial charge on any atom is 0.256 e. The first-order valence-electron chi connectivity index (χ1n) is 7.39. The maximum atomic E-state index is 12.6. The van der Waals surface area contributed by atoms with Crippen LogP contribution in [0.4, 0.5) is 5.00 Å². The highest BCUT2D eigenvalue weighted by Crippen LogP contribution is 2.40. The first-order valence-corrected chi connectivity index (χ1v) is 8.27. The summed E-state index contributed by atoms with van der Waals surface area (Å²) in [5.74, 6) is -0.293. The molecule has 5 nitrogen and oxygen atoms in total. The second-order valence-corrected chi connectivity index (χ2v) is 6.39. The van der Waals surface area contributed by atoms with Crippen LogP contribution in [0.2, 0.25) is 0 Å². The minimum absolute atomic E-state index is 0.0263. The Labute approximate surface area is 142 Å². The third-order valence-electron chi connectivity index (χ3n) is 3.98. The summed E-state index contributed by atoms with van der Waals surface area (Å²) in [5.41, 5.74) is 2.98. The summed E-state index contributed by atoms with van der Waals surface area (Å²) < 4.78 is 0. The van der Waals surface area contributed by atoms with Crippen molar-refractivity contribution in [1.29, 1.82) is 0 Å². The number of thiophene rings is 1. The molecule has 0 bridgehead atoms. The summed E-state index contributed by atoms with van der Waals surface area (Å²) >= 11 is 1.46. The second-order valence-electron chi connectivity index (χ2n) is 5.51. The van der Waals surface area contributed by atoms with Gasteiger partial charge in [0.05, 0.1) is 5.56 Å². The van der Waals surface area contributed by atoms with Gasteiger partial charge < -0.3 is 20.8 Å². The first-order chi connectivity index (χ1) is 11.6. The summed E-state index contributed by atoms with van der Waals surface area (Å²) in [5, 5.41) is 28.2. The fraction of sp³-hybridized carbons (Fsp3) is 0.0556. The van der Waals surface area contributed by atoms with Crippen molar-refractivity contribution in [3.63, 3.8) is 0 Å². The molecule has 0 spiro atoms. The van der Waals surface area contributed by atoms with Crippen LogP contribution < -0.4 is 10.6 Å². The number of amides is 1. The number of phenolic OH excluding ortho intramolecular Hbond substituents is 2. The molecule has 2 aromatic carbocycles. The molecule has 24 heavy (non-hydrogen) atoms. The number of nitrogens with one attached hydrogen (secondary N) is 2. The molecular weight excluding hydrogens is 324 g/mol. The second kappa shape index (κ2) is 5.58. The summed E-state index contributed by atoms with van der Waals surface area (Å²) in [6.07, 6.45) is -0.548. The van der Waals surface area contributed by atoms with E-state index in [-0.39, 0.29) is 17.4 Å². The van der Waals surface area contributed by atoms with Gasteiger partial charge in [-0.3, -0.25) is 4.79 Å². The lowest BCUT2D eigenvalue weighted by Gasteiger charge is -2.27. The molecule has 0 aliphatic carbocycles. The zero-order valence-corrected chi connectivity index (χ0v) is 13.3. The van der Waals surface area contributed by atoms with Gasteiger partial charge in [0.25, 0.3) is 5.91 Å². The number of fused-ring (bicyclic) bond motifs is 1. The van der Waals surface area contributed by atoms with Gasteiger partial charge in [0.2, 0.25) is 0 Å². The fourth-order valence-electron chi connectivity index (χ4n) is 2.82. The number of benzene rings is 2. The van der Waals surface area contributed by atoms with Gasteiger partial charge in [0.1, 0.15) is 22.7 Å². The highest BCUT2D eigenvalue weighted by molar-refractivity contribution is 7.15. The van der Waals surface area contributed by atoms with Crippen LogP contribution in [0.15, 0.2) is 53.9 Å². The monoisotopic (exact) mass is 338 g/mol. The Balaban J connectivity index is 1.72. The van der Waals surface area contributed by atoms with Crippen molar-refractivity contribution in [1.82, 2.24) is 5.32 Å². The summed E-state index contributed by atoms with van der Waals surface area (Å²) in [6, 6.07) is 14.0. The number of hydrogen-bond donors (Lipinski definition) is 4. The van der Waals surface area contributed by atoms with Crippen molar-refractivity contribution in [3.05, 3.63) is 65.0 Å². The van der Waals surface area contributed by atoms with E-state index >= 15 is 0 Å². The fourth-order valence-corrected chi connectivity index (χ4v) is 3.82. The van der Waals surface area contributed by atoms with E-state index in [1.165, 1.54) is 23.5 Å². The topological polar surface area (TPSA) is 81.6 Å². The Morgan fingerprint density at radius 3 is 2.54 bits per heavy atom. The lowest BCUT2D eigenvalue weighted by Crippen LogP contribution is -2.37. The zero-order valence-electron chi connectivity index (χ0n) is 12.5. The van der Waals surface area contributed by atoms with Crippen LogP contribution in [0.25, 0.3) is 11.1 Å². The van der Waals surface area contributed by atoms with E-state index in [2.05, 4.69) is 10.6 Å². The molecule has 0 saturated carbocycles. The molecule has 1 aliphatic rings. The lowest BCUT2D eigenvalue weighted by atomic mass is 10.0. The molecule has 4 rings (SSSR count). The molecule has 120 valence electrons. The SMILES string of the molecule is O=C1N[C@H](c2ccc(O)cc2O)Nc2scc(-c3ccccc3)c21. The summed E-state index contributed by atoms with van der Waals surface area (Å²) in [7, 11) is 0. The van der Waals surface area contributed by atoms with Crippen LogP contribution in [0.5, 0.6) is 11.5 Å². The van der Waals surface area contributed by atoms with Gasteiger partial charge in [-0.15, -0.1) is 11.3 Å². The number of rotatable bonds is 2. The molecule has 1 aliphatic heterocycles. The van der Waals surface area contributed by atoms with Crippen LogP contribution in [0.1, 0.15) is 22.1 Å². The Morgan fingerprint density at radius 2 is 1.79 bits per heavy atom. The van der Waals surface area contributed by atoms with Crippen LogP contribution >= 0.6 is 11.3 Å². The molecule has 0 radical (unpaired) electrons. The Bertz CT molecular complexity index is 921. The van der Waals surface area contributed by atoms with Crippen molar-refractivity contribution < 1.29 is 15.0 Å². The van der Waals surface area contributed by atoms with E-state index in [0.717, 1.165) is 16.1 Å². The van der Waals surface area contributed by atoms with Crippen LogP contribution in [0.3, 0.4) is 0 Å². The highest BCUT2D eigenvalue weighted by atomic mass is 32.1. The quantitative estimate of drug-likeness (QED) is 0.574. The Hall–Kier alpha value is -2.99. The molecule has 0 unspecified atom stereocenters. The molecular formula is C18H14N2O3S. The summed E-state index contributed by atoms with van der Waals surface area (Å²) in [4.78, 5) is 12.6. The molecule has 0 saturated heterocycles. The lowest BCUT2D eigenvalue weighted by molar-refractivity contribution is 0.0937. The van der Waals surface area contributed by atoms with Crippen molar-refractivity contribution in [2.45, 2.75) is 6.17 Å². The molecule has 1 aromatic heterocycles. The minimum Gasteiger partial charge on any atom is -0.508 e. The average Bonchev–Trinajstić information content (AvgIpc) is 3.00. The maximum absolute atomic E-state index is 12.6. The normalized spacial score (nSPS) is 16.2. The van der Waals surface area contributed by atoms with E-state index in [4.69, 9.17) is 0 Å². The van der Waals surface area contributed by atoms with Crippen molar-refractivity contribution >= 4 is 22.2 Å². The van der Waals surface area contributed by atoms with Gasteiger partial charge in [0.15, 0.2) is 0 Å². The van der Waals surface area contributed by atoms with Crippen LogP contribution in [-0.2, 0) is 0 Å². The number of phenols is 2. The van der Waals surface area contributed by atoms with Gasteiger partial charge in [0, 0.05) is 22.6 Å². The van der Waals surface area contributed by atoms with Gasteiger partial charge >= 0.3 is 0 Å². The van der Waals surface area contributed by atoms with E-state index in [0.29, 0.717) is 11.1 Å². The molecule has 1 atom stereocenters. The molecule has 1 amide bonds. The number of anilines is 1. The number of carbonyl (C=O) groups is 1. The van der Waals surface area contributed by atoms with Crippen molar-refractivity contribution in [2.24, 2.45) is 0 Å². The van der Waals surface area contributed by atoms with Crippen LogP contribution in [0, 0.1) is 0 Å². The van der Waals surface area contributed by atoms with Crippen molar-refractivity contribution in [3.8, 4) is 22.6 Å². The predicted octanol–water partition coefficient (Wildman–Crippen LogP) is 3.68. The van der Waals surface area contributed by atoms with Crippen LogP contribution in [-0.4, -0.2) is 16.1 Å². The standard InChI is InChI=1S/C18H14N2O3S/c21-11-6-7-12(14(22)8-11)16-19-17(23)15-13(9-24-18(15)20-16)10-4-2-1-3-5-10/h1-9,16,20-22H,(H,19,23)/t16-/m0/s1. The minimum atomic E-state index is -0.548. The molecule has 0 fully saturated rings. The zero-order chi connectivity index (χ0) is 16.7. The third-order valence-corrected chi connectivity index (χ3v) is 4.89. The van der Waals surface area contributed by atoms with Gasteiger partial charge in [-0.1, -0.05) is 30.3 Å². The smallest absolute Gasteiger partial charge is 0.256 e. The Kier molecular flexibility index (Phi) is 3.39. The third kappa shape index (κ3) is 2.37.